The van der Waals surface area contributed by atoms with Gasteiger partial charge in [-0.05, 0) is 207 Å². The quantitative estimate of drug-likeness (QED) is 0.119. The van der Waals surface area contributed by atoms with E-state index in [4.69, 9.17) is 0 Å². The molecule has 0 radical (unpaired) electrons. The molecule has 0 bridgehead atoms. The van der Waals surface area contributed by atoms with Crippen LogP contribution in [0.5, 0.6) is 0 Å². The zero-order valence-corrected chi connectivity index (χ0v) is 49.1. The van der Waals surface area contributed by atoms with E-state index in [1.165, 1.54) is 131 Å². The van der Waals surface area contributed by atoms with E-state index in [0.29, 0.717) is 0 Å². The average Bonchev–Trinajstić information content (AvgIpc) is 1.19. The molecule has 0 amide bonds. The van der Waals surface area contributed by atoms with Crippen molar-refractivity contribution < 1.29 is 0 Å². The third-order valence-corrected chi connectivity index (χ3v) is 18.1. The van der Waals surface area contributed by atoms with Gasteiger partial charge in [0.1, 0.15) is 0 Å². The molecule has 0 fully saturated rings. The largest absolute Gasteiger partial charge is 0.310 e. The molecule has 0 spiro atoms. The molecule has 0 atom stereocenters. The molecule has 0 N–H and O–H groups in total. The van der Waals surface area contributed by atoms with Gasteiger partial charge in [0.25, 0.3) is 0 Å². The highest BCUT2D eigenvalue weighted by molar-refractivity contribution is 6.27. The summed E-state index contributed by atoms with van der Waals surface area (Å²) in [6.45, 7) is 4.51. The van der Waals surface area contributed by atoms with Crippen LogP contribution >= 0.6 is 0 Å². The SMILES string of the molecule is Cc1cc(N(c2ccc(-c3ccc4c5ccccc5c5ccccc5c4c3)cc2)c2ccccc2-c2ccccc2)ccc1-c1ccc(N(c2ccc(-c3ccc4c5ccccc5c5ccccc5c4c3)cc2)c2ccccc2-c2ccccc2)cc1C. The molecular weight excluding hydrogens is 1060 g/mol. The number of nitrogens with zero attached hydrogens (tertiary/aromatic N) is 2. The molecule has 0 heterocycles. The minimum Gasteiger partial charge on any atom is -0.310 e. The van der Waals surface area contributed by atoms with Gasteiger partial charge in [0.2, 0.25) is 0 Å². The van der Waals surface area contributed by atoms with Gasteiger partial charge in [-0.15, -0.1) is 0 Å². The lowest BCUT2D eigenvalue weighted by Gasteiger charge is -2.29. The van der Waals surface area contributed by atoms with Gasteiger partial charge in [0, 0.05) is 33.9 Å². The molecule has 0 unspecified atom stereocenters. The predicted octanol–water partition coefficient (Wildman–Crippen LogP) is 24.5. The monoisotopic (exact) mass is 1120 g/mol. The summed E-state index contributed by atoms with van der Waals surface area (Å²) < 4.78 is 0. The van der Waals surface area contributed by atoms with Crippen molar-refractivity contribution in [1.29, 1.82) is 0 Å². The lowest BCUT2D eigenvalue weighted by Crippen LogP contribution is -2.12. The first-order valence-corrected chi connectivity index (χ1v) is 30.5. The second-order valence-corrected chi connectivity index (χ2v) is 23.2. The van der Waals surface area contributed by atoms with Crippen LogP contribution in [0.2, 0.25) is 0 Å². The number of rotatable bonds is 11. The molecular formula is C86H60N2. The number of anilines is 6. The van der Waals surface area contributed by atoms with Crippen molar-refractivity contribution in [2.45, 2.75) is 13.8 Å². The Kier molecular flexibility index (Phi) is 13.0. The van der Waals surface area contributed by atoms with Gasteiger partial charge in [0.15, 0.2) is 0 Å². The second kappa shape index (κ2) is 21.9. The number of hydrogen-bond donors (Lipinski definition) is 0. The van der Waals surface area contributed by atoms with Crippen LogP contribution in [-0.4, -0.2) is 0 Å². The first-order valence-electron chi connectivity index (χ1n) is 30.5. The number of para-hydroxylation sites is 2. The van der Waals surface area contributed by atoms with E-state index in [1.54, 1.807) is 0 Å². The van der Waals surface area contributed by atoms with E-state index >= 15 is 0 Å². The summed E-state index contributed by atoms with van der Waals surface area (Å²) >= 11 is 0. The molecule has 88 heavy (non-hydrogen) atoms. The minimum absolute atomic E-state index is 1.08. The maximum Gasteiger partial charge on any atom is 0.0540 e. The van der Waals surface area contributed by atoms with Gasteiger partial charge in [-0.25, -0.2) is 0 Å². The molecule has 16 aromatic carbocycles. The summed E-state index contributed by atoms with van der Waals surface area (Å²) in [6.07, 6.45) is 0. The predicted molar refractivity (Wildman–Crippen MR) is 377 cm³/mol. The van der Waals surface area contributed by atoms with Crippen LogP contribution in [0.25, 0.3) is 120 Å². The Morgan fingerprint density at radius 1 is 0.170 bits per heavy atom. The van der Waals surface area contributed by atoms with Gasteiger partial charge in [-0.3, -0.25) is 0 Å². The maximum absolute atomic E-state index is 2.43. The minimum atomic E-state index is 1.08. The smallest absolute Gasteiger partial charge is 0.0540 e. The molecule has 0 saturated carbocycles. The van der Waals surface area contributed by atoms with E-state index in [1.807, 2.05) is 0 Å². The number of aryl methyl sites for hydroxylation is 2. The average molecular weight is 1120 g/mol. The Labute approximate surface area is 513 Å². The van der Waals surface area contributed by atoms with Gasteiger partial charge in [0.05, 0.1) is 11.4 Å². The Bertz CT molecular complexity index is 4930. The van der Waals surface area contributed by atoms with Gasteiger partial charge < -0.3 is 9.80 Å². The molecule has 0 aliphatic carbocycles. The van der Waals surface area contributed by atoms with Gasteiger partial charge >= 0.3 is 0 Å². The zero-order chi connectivity index (χ0) is 58.7. The molecule has 2 heteroatoms. The van der Waals surface area contributed by atoms with Gasteiger partial charge in [-0.1, -0.05) is 255 Å². The van der Waals surface area contributed by atoms with Crippen molar-refractivity contribution in [3.63, 3.8) is 0 Å². The highest BCUT2D eigenvalue weighted by Crippen LogP contribution is 2.47. The van der Waals surface area contributed by atoms with Crippen molar-refractivity contribution in [1.82, 2.24) is 0 Å². The lowest BCUT2D eigenvalue weighted by atomic mass is 9.92. The molecule has 0 aromatic heterocycles. The Balaban J connectivity index is 0.766. The fourth-order valence-corrected chi connectivity index (χ4v) is 13.9. The van der Waals surface area contributed by atoms with Crippen molar-refractivity contribution in [3.05, 3.63) is 339 Å². The van der Waals surface area contributed by atoms with Crippen molar-refractivity contribution >= 4 is 98.8 Å². The standard InChI is InChI=1S/C86H60N2/c1-57-53-67(87(85-35-19-17-25-71(85)61-21-5-3-6-22-61)65-43-37-59(38-44-65)63-41-49-81-77-31-11-9-27-73(77)75-29-13-15-33-79(75)83(81)55-63)47-51-69(57)70-52-48-68(54-58(70)2)88(86-36-20-18-26-72(86)62-23-7-4-8-24-62)66-45-39-60(40-46-66)64-42-50-82-78-32-12-10-28-74(78)76-30-14-16-34-80(76)84(82)56-64/h3-56H,1-2H3. The molecule has 16 rings (SSSR count). The van der Waals surface area contributed by atoms with Crippen molar-refractivity contribution in [2.75, 3.05) is 9.80 Å². The molecule has 2 nitrogen and oxygen atoms in total. The maximum atomic E-state index is 2.43. The Hall–Kier alpha value is -11.3. The van der Waals surface area contributed by atoms with E-state index in [-0.39, 0.29) is 0 Å². The van der Waals surface area contributed by atoms with Crippen LogP contribution in [-0.2, 0) is 0 Å². The number of fused-ring (bicyclic) bond motifs is 12. The highest BCUT2D eigenvalue weighted by Gasteiger charge is 2.22. The summed E-state index contributed by atoms with van der Waals surface area (Å²) in [5, 5.41) is 15.4. The molecule has 0 aliphatic rings. The first-order chi connectivity index (χ1) is 43.5. The summed E-state index contributed by atoms with van der Waals surface area (Å²) in [5.41, 5.74) is 20.8. The first kappa shape index (κ1) is 52.3. The van der Waals surface area contributed by atoms with E-state index in [2.05, 4.69) is 351 Å². The van der Waals surface area contributed by atoms with Gasteiger partial charge in [-0.2, -0.15) is 0 Å². The number of benzene rings is 16. The highest BCUT2D eigenvalue weighted by atomic mass is 15.2. The fraction of sp³-hybridized carbons (Fsp3) is 0.0233. The normalized spacial score (nSPS) is 11.5. The van der Waals surface area contributed by atoms with Crippen LogP contribution in [0.3, 0.4) is 0 Å². The fourth-order valence-electron chi connectivity index (χ4n) is 13.9. The van der Waals surface area contributed by atoms with E-state index < -0.39 is 0 Å². The lowest BCUT2D eigenvalue weighted by molar-refractivity contribution is 1.26. The van der Waals surface area contributed by atoms with E-state index in [0.717, 1.165) is 34.1 Å². The second-order valence-electron chi connectivity index (χ2n) is 23.2. The van der Waals surface area contributed by atoms with Crippen LogP contribution in [0.1, 0.15) is 11.1 Å². The molecule has 0 saturated heterocycles. The molecule has 16 aromatic rings. The molecule has 414 valence electrons. The third-order valence-electron chi connectivity index (χ3n) is 18.1. The summed E-state index contributed by atoms with van der Waals surface area (Å²) in [4.78, 5) is 4.85. The third kappa shape index (κ3) is 9.13. The van der Waals surface area contributed by atoms with Crippen LogP contribution in [0.15, 0.2) is 328 Å². The summed E-state index contributed by atoms with van der Waals surface area (Å²) in [6, 6.07) is 121. The van der Waals surface area contributed by atoms with Crippen LogP contribution in [0, 0.1) is 13.8 Å². The summed E-state index contributed by atoms with van der Waals surface area (Å²) in [7, 11) is 0. The summed E-state index contributed by atoms with van der Waals surface area (Å²) in [5.74, 6) is 0. The van der Waals surface area contributed by atoms with Crippen LogP contribution < -0.4 is 9.80 Å². The zero-order valence-electron chi connectivity index (χ0n) is 49.1. The topological polar surface area (TPSA) is 6.48 Å². The Morgan fingerprint density at radius 3 is 0.784 bits per heavy atom. The van der Waals surface area contributed by atoms with Crippen molar-refractivity contribution in [2.24, 2.45) is 0 Å². The van der Waals surface area contributed by atoms with Crippen molar-refractivity contribution in [3.8, 4) is 55.6 Å². The number of hydrogen-bond acceptors (Lipinski definition) is 2. The van der Waals surface area contributed by atoms with Crippen LogP contribution in [0.4, 0.5) is 34.1 Å². The van der Waals surface area contributed by atoms with E-state index in [9.17, 15) is 0 Å². The molecule has 0 aliphatic heterocycles. The Morgan fingerprint density at radius 2 is 0.443 bits per heavy atom.